The zero-order chi connectivity index (χ0) is 15.6. The molecule has 0 atom stereocenters. The molecular weight excluding hydrogens is 362 g/mol. The van der Waals surface area contributed by atoms with Crippen molar-refractivity contribution in [1.82, 2.24) is 0 Å². The zero-order valence-corrected chi connectivity index (χ0v) is 13.2. The summed E-state index contributed by atoms with van der Waals surface area (Å²) in [6, 6.07) is 10.6. The number of nitro benzene ring substituents is 1. The van der Waals surface area contributed by atoms with Crippen molar-refractivity contribution < 1.29 is 18.1 Å². The molecular formula is C13H10BrNO5S. The Bertz CT molecular complexity index is 804. The van der Waals surface area contributed by atoms with Crippen LogP contribution >= 0.6 is 15.9 Å². The summed E-state index contributed by atoms with van der Waals surface area (Å²) in [4.78, 5) is 10.1. The molecule has 0 aliphatic carbocycles. The van der Waals surface area contributed by atoms with Crippen molar-refractivity contribution in [3.63, 3.8) is 0 Å². The average Bonchev–Trinajstić information content (AvgIpc) is 2.37. The van der Waals surface area contributed by atoms with E-state index in [1.807, 2.05) is 0 Å². The lowest BCUT2D eigenvalue weighted by Gasteiger charge is -2.08. The zero-order valence-electron chi connectivity index (χ0n) is 10.8. The Labute approximate surface area is 129 Å². The summed E-state index contributed by atoms with van der Waals surface area (Å²) in [6.45, 7) is 0. The molecule has 0 spiro atoms. The maximum absolute atomic E-state index is 11.6. The largest absolute Gasteiger partial charge is 0.450 e. The topological polar surface area (TPSA) is 86.5 Å². The van der Waals surface area contributed by atoms with Gasteiger partial charge in [-0.25, -0.2) is 8.42 Å². The first kappa shape index (κ1) is 15.5. The molecule has 0 unspecified atom stereocenters. The van der Waals surface area contributed by atoms with Crippen LogP contribution in [0, 0.1) is 10.1 Å². The van der Waals surface area contributed by atoms with Crippen LogP contribution in [0.2, 0.25) is 0 Å². The van der Waals surface area contributed by atoms with Crippen LogP contribution in [0.3, 0.4) is 0 Å². The molecule has 0 heterocycles. The normalized spacial score (nSPS) is 11.1. The molecule has 6 nitrogen and oxygen atoms in total. The van der Waals surface area contributed by atoms with Crippen molar-refractivity contribution >= 4 is 31.5 Å². The van der Waals surface area contributed by atoms with Crippen LogP contribution in [-0.2, 0) is 9.84 Å². The minimum atomic E-state index is -3.73. The van der Waals surface area contributed by atoms with Crippen LogP contribution in [0.4, 0.5) is 5.69 Å². The van der Waals surface area contributed by atoms with E-state index in [2.05, 4.69) is 15.9 Å². The number of sulfone groups is 1. The number of benzene rings is 2. The molecule has 0 aliphatic heterocycles. The molecule has 0 saturated heterocycles. The molecule has 0 saturated carbocycles. The molecule has 2 rings (SSSR count). The second-order valence-corrected chi connectivity index (χ2v) is 7.09. The fourth-order valence-corrected chi connectivity index (χ4v) is 2.95. The number of nitrogens with zero attached hydrogens (tertiary/aromatic N) is 1. The van der Waals surface area contributed by atoms with E-state index in [0.717, 1.165) is 10.7 Å². The average molecular weight is 372 g/mol. The van der Waals surface area contributed by atoms with Gasteiger partial charge in [0.2, 0.25) is 5.75 Å². The summed E-state index contributed by atoms with van der Waals surface area (Å²) < 4.78 is 29.5. The smallest absolute Gasteiger partial charge is 0.330 e. The quantitative estimate of drug-likeness (QED) is 0.605. The number of para-hydroxylation sites is 1. The fourth-order valence-electron chi connectivity index (χ4n) is 1.72. The Hall–Kier alpha value is -1.93. The van der Waals surface area contributed by atoms with E-state index in [-0.39, 0.29) is 10.6 Å². The summed E-state index contributed by atoms with van der Waals surface area (Å²) >= 11 is 3.26. The highest BCUT2D eigenvalue weighted by atomic mass is 79.9. The Morgan fingerprint density at radius 1 is 1.19 bits per heavy atom. The predicted molar refractivity (Wildman–Crippen MR) is 80.4 cm³/mol. The van der Waals surface area contributed by atoms with Crippen LogP contribution in [0.1, 0.15) is 0 Å². The number of halogens is 1. The van der Waals surface area contributed by atoms with E-state index in [0.29, 0.717) is 5.75 Å². The molecule has 8 heteroatoms. The molecule has 2 aromatic carbocycles. The molecule has 0 fully saturated rings. The fraction of sp³-hybridized carbons (Fsp3) is 0.0769. The third-order valence-electron chi connectivity index (χ3n) is 2.57. The lowest BCUT2D eigenvalue weighted by molar-refractivity contribution is -0.388. The Morgan fingerprint density at radius 3 is 2.43 bits per heavy atom. The number of nitro groups is 1. The minimum absolute atomic E-state index is 0.124. The first-order valence-electron chi connectivity index (χ1n) is 5.70. The number of rotatable bonds is 4. The van der Waals surface area contributed by atoms with Gasteiger partial charge in [0, 0.05) is 10.7 Å². The van der Waals surface area contributed by atoms with E-state index in [9.17, 15) is 18.5 Å². The van der Waals surface area contributed by atoms with E-state index >= 15 is 0 Å². The van der Waals surface area contributed by atoms with Gasteiger partial charge in [0.1, 0.15) is 10.6 Å². The lowest BCUT2D eigenvalue weighted by atomic mass is 10.3. The van der Waals surface area contributed by atoms with Gasteiger partial charge in [0.05, 0.1) is 4.92 Å². The van der Waals surface area contributed by atoms with Crippen molar-refractivity contribution in [3.05, 3.63) is 57.1 Å². The molecule has 0 N–H and O–H groups in total. The van der Waals surface area contributed by atoms with Gasteiger partial charge < -0.3 is 4.74 Å². The van der Waals surface area contributed by atoms with Gasteiger partial charge in [-0.1, -0.05) is 28.1 Å². The van der Waals surface area contributed by atoms with Crippen molar-refractivity contribution in [1.29, 1.82) is 0 Å². The Kier molecular flexibility index (Phi) is 4.29. The Morgan fingerprint density at radius 2 is 1.86 bits per heavy atom. The van der Waals surface area contributed by atoms with Crippen molar-refractivity contribution in [2.75, 3.05) is 6.26 Å². The predicted octanol–water partition coefficient (Wildman–Crippen LogP) is 3.55. The van der Waals surface area contributed by atoms with Gasteiger partial charge in [0.15, 0.2) is 9.84 Å². The second-order valence-electron chi connectivity index (χ2n) is 4.19. The van der Waals surface area contributed by atoms with Crippen LogP contribution < -0.4 is 4.74 Å². The van der Waals surface area contributed by atoms with Gasteiger partial charge in [0.25, 0.3) is 0 Å². The van der Waals surface area contributed by atoms with Gasteiger partial charge in [-0.2, -0.15) is 0 Å². The van der Waals surface area contributed by atoms with Gasteiger partial charge in [-0.15, -0.1) is 0 Å². The summed E-state index contributed by atoms with van der Waals surface area (Å²) in [5.41, 5.74) is -0.569. The molecule has 2 aromatic rings. The Balaban J connectivity index is 2.57. The van der Waals surface area contributed by atoms with Gasteiger partial charge in [-0.3, -0.25) is 10.1 Å². The standard InChI is InChI=1S/C13H10BrNO5S/c1-21(18,19)12-7-3-6-11(13(12)15(16)17)20-10-5-2-4-9(14)8-10/h2-8H,1H3. The molecule has 0 aliphatic rings. The molecule has 110 valence electrons. The van der Waals surface area contributed by atoms with Crippen molar-refractivity contribution in [3.8, 4) is 11.5 Å². The third-order valence-corrected chi connectivity index (χ3v) is 4.19. The van der Waals surface area contributed by atoms with E-state index in [1.165, 1.54) is 18.2 Å². The minimum Gasteiger partial charge on any atom is -0.450 e. The van der Waals surface area contributed by atoms with Crippen molar-refractivity contribution in [2.45, 2.75) is 4.90 Å². The number of ether oxygens (including phenoxy) is 1. The summed E-state index contributed by atoms with van der Waals surface area (Å²) in [5, 5.41) is 11.2. The van der Waals surface area contributed by atoms with E-state index < -0.39 is 20.4 Å². The van der Waals surface area contributed by atoms with E-state index in [4.69, 9.17) is 4.74 Å². The van der Waals surface area contributed by atoms with Crippen LogP contribution in [0.15, 0.2) is 51.8 Å². The highest BCUT2D eigenvalue weighted by molar-refractivity contribution is 9.10. The van der Waals surface area contributed by atoms with Crippen LogP contribution in [-0.4, -0.2) is 19.6 Å². The van der Waals surface area contributed by atoms with Crippen LogP contribution in [0.5, 0.6) is 11.5 Å². The maximum atomic E-state index is 11.6. The highest BCUT2D eigenvalue weighted by Gasteiger charge is 2.27. The highest BCUT2D eigenvalue weighted by Crippen LogP contribution is 2.37. The SMILES string of the molecule is CS(=O)(=O)c1cccc(Oc2cccc(Br)c2)c1[N+](=O)[O-]. The van der Waals surface area contributed by atoms with E-state index in [1.54, 1.807) is 24.3 Å². The molecule has 21 heavy (non-hydrogen) atoms. The molecule has 0 bridgehead atoms. The number of hydrogen-bond acceptors (Lipinski definition) is 5. The summed E-state index contributed by atoms with van der Waals surface area (Å²) in [6.07, 6.45) is 0.915. The first-order valence-corrected chi connectivity index (χ1v) is 8.38. The molecule has 0 amide bonds. The second kappa shape index (κ2) is 5.82. The maximum Gasteiger partial charge on any atom is 0.330 e. The van der Waals surface area contributed by atoms with Gasteiger partial charge >= 0.3 is 5.69 Å². The van der Waals surface area contributed by atoms with Gasteiger partial charge in [-0.05, 0) is 30.3 Å². The monoisotopic (exact) mass is 371 g/mol. The first-order chi connectivity index (χ1) is 9.79. The summed E-state index contributed by atoms with van der Waals surface area (Å²) in [5.74, 6) is 0.235. The van der Waals surface area contributed by atoms with Crippen LogP contribution in [0.25, 0.3) is 0 Å². The molecule has 0 aromatic heterocycles. The third kappa shape index (κ3) is 3.59. The lowest BCUT2D eigenvalue weighted by Crippen LogP contribution is -2.04. The summed E-state index contributed by atoms with van der Waals surface area (Å²) in [7, 11) is -3.73. The van der Waals surface area contributed by atoms with Crippen molar-refractivity contribution in [2.24, 2.45) is 0 Å². The number of hydrogen-bond donors (Lipinski definition) is 0. The molecule has 0 radical (unpaired) electrons.